The fraction of sp³-hybridized carbons (Fsp3) is 0.118. The number of rotatable bonds is 4. The number of carbonyl (C=O) groups is 1. The molecular formula is C17H16O4. The highest BCUT2D eigenvalue weighted by atomic mass is 16.5. The van der Waals surface area contributed by atoms with Crippen LogP contribution in [0.4, 0.5) is 0 Å². The van der Waals surface area contributed by atoms with Crippen LogP contribution in [0.1, 0.15) is 21.5 Å². The Labute approximate surface area is 122 Å². The summed E-state index contributed by atoms with van der Waals surface area (Å²) in [6.07, 6.45) is 2.85. The lowest BCUT2D eigenvalue weighted by atomic mass is 10.0. The Balaban J connectivity index is 2.38. The number of methoxy groups -OCH3 is 1. The maximum absolute atomic E-state index is 12.0. The van der Waals surface area contributed by atoms with Crippen LogP contribution in [0.25, 0.3) is 6.08 Å². The number of allylic oxidation sites excluding steroid dienone is 1. The first kappa shape index (κ1) is 14.7. The van der Waals surface area contributed by atoms with E-state index in [0.29, 0.717) is 22.4 Å². The van der Waals surface area contributed by atoms with E-state index in [1.54, 1.807) is 31.2 Å². The standard InChI is InChI=1S/C17H16O4/c1-11-15(19)10-16(20)13(17(11)21-2)8-9-14(18)12-6-4-3-5-7-12/h3-10,19-20H,1-2H3. The molecule has 0 aliphatic heterocycles. The molecule has 2 rings (SSSR count). The second kappa shape index (κ2) is 6.13. The van der Waals surface area contributed by atoms with E-state index < -0.39 is 0 Å². The largest absolute Gasteiger partial charge is 0.507 e. The van der Waals surface area contributed by atoms with E-state index >= 15 is 0 Å². The summed E-state index contributed by atoms with van der Waals surface area (Å²) < 4.78 is 5.19. The molecule has 0 atom stereocenters. The van der Waals surface area contributed by atoms with E-state index in [1.807, 2.05) is 6.07 Å². The smallest absolute Gasteiger partial charge is 0.185 e. The van der Waals surface area contributed by atoms with E-state index in [1.165, 1.54) is 25.3 Å². The molecule has 0 bridgehead atoms. The summed E-state index contributed by atoms with van der Waals surface area (Å²) in [6, 6.07) is 10.1. The fourth-order valence-corrected chi connectivity index (χ4v) is 2.03. The van der Waals surface area contributed by atoms with E-state index in [9.17, 15) is 15.0 Å². The van der Waals surface area contributed by atoms with Gasteiger partial charge in [-0.2, -0.15) is 0 Å². The van der Waals surface area contributed by atoms with Crippen LogP contribution in [0, 0.1) is 6.92 Å². The minimum atomic E-state index is -0.178. The highest BCUT2D eigenvalue weighted by molar-refractivity contribution is 6.07. The number of phenols is 2. The molecule has 0 saturated carbocycles. The van der Waals surface area contributed by atoms with Crippen LogP contribution in [0.3, 0.4) is 0 Å². The maximum atomic E-state index is 12.0. The van der Waals surface area contributed by atoms with Crippen molar-refractivity contribution in [2.45, 2.75) is 6.92 Å². The van der Waals surface area contributed by atoms with Crippen LogP contribution in [0.5, 0.6) is 17.2 Å². The number of benzene rings is 2. The summed E-state index contributed by atoms with van der Waals surface area (Å²) in [5.74, 6) is -0.0460. The zero-order valence-corrected chi connectivity index (χ0v) is 11.8. The van der Waals surface area contributed by atoms with Gasteiger partial charge in [-0.05, 0) is 19.1 Å². The van der Waals surface area contributed by atoms with Crippen molar-refractivity contribution in [2.75, 3.05) is 7.11 Å². The van der Waals surface area contributed by atoms with Gasteiger partial charge >= 0.3 is 0 Å². The van der Waals surface area contributed by atoms with Crippen molar-refractivity contribution in [3.8, 4) is 17.2 Å². The molecule has 2 aromatic carbocycles. The van der Waals surface area contributed by atoms with E-state index in [0.717, 1.165) is 0 Å². The number of ketones is 1. The van der Waals surface area contributed by atoms with Crippen LogP contribution in [-0.4, -0.2) is 23.1 Å². The number of ether oxygens (including phenoxy) is 1. The van der Waals surface area contributed by atoms with Crippen molar-refractivity contribution in [3.63, 3.8) is 0 Å². The maximum Gasteiger partial charge on any atom is 0.185 e. The SMILES string of the molecule is COc1c(C)c(O)cc(O)c1C=CC(=O)c1ccccc1. The number of phenolic OH excluding ortho intramolecular Hbond substituents is 2. The Morgan fingerprint density at radius 2 is 1.81 bits per heavy atom. The first-order chi connectivity index (χ1) is 10.0. The molecule has 0 unspecified atom stereocenters. The zero-order chi connectivity index (χ0) is 15.4. The first-order valence-corrected chi connectivity index (χ1v) is 6.41. The van der Waals surface area contributed by atoms with Crippen molar-refractivity contribution in [1.82, 2.24) is 0 Å². The zero-order valence-electron chi connectivity index (χ0n) is 11.8. The van der Waals surface area contributed by atoms with Crippen molar-refractivity contribution in [2.24, 2.45) is 0 Å². The normalized spacial score (nSPS) is 10.8. The number of aromatic hydroxyl groups is 2. The molecule has 0 fully saturated rings. The van der Waals surface area contributed by atoms with Crippen LogP contribution >= 0.6 is 0 Å². The van der Waals surface area contributed by atoms with Gasteiger partial charge in [0.2, 0.25) is 0 Å². The van der Waals surface area contributed by atoms with Crippen molar-refractivity contribution >= 4 is 11.9 Å². The predicted molar refractivity (Wildman–Crippen MR) is 80.9 cm³/mol. The summed E-state index contributed by atoms with van der Waals surface area (Å²) in [5, 5.41) is 19.6. The second-order valence-electron chi connectivity index (χ2n) is 4.55. The number of hydrogen-bond acceptors (Lipinski definition) is 4. The fourth-order valence-electron chi connectivity index (χ4n) is 2.03. The Kier molecular flexibility index (Phi) is 4.28. The molecule has 0 radical (unpaired) electrons. The van der Waals surface area contributed by atoms with Crippen molar-refractivity contribution < 1.29 is 19.7 Å². The molecular weight excluding hydrogens is 268 g/mol. The Bertz CT molecular complexity index is 688. The van der Waals surface area contributed by atoms with Crippen LogP contribution in [0.2, 0.25) is 0 Å². The third-order valence-electron chi connectivity index (χ3n) is 3.18. The topological polar surface area (TPSA) is 66.8 Å². The summed E-state index contributed by atoms with van der Waals surface area (Å²) in [6.45, 7) is 1.67. The Morgan fingerprint density at radius 3 is 2.43 bits per heavy atom. The lowest BCUT2D eigenvalue weighted by Crippen LogP contribution is -1.95. The van der Waals surface area contributed by atoms with Gasteiger partial charge < -0.3 is 14.9 Å². The van der Waals surface area contributed by atoms with Crippen LogP contribution in [0.15, 0.2) is 42.5 Å². The van der Waals surface area contributed by atoms with E-state index in [2.05, 4.69) is 0 Å². The quantitative estimate of drug-likeness (QED) is 0.667. The molecule has 0 aliphatic carbocycles. The molecule has 0 aromatic heterocycles. The van der Waals surface area contributed by atoms with E-state index in [4.69, 9.17) is 4.74 Å². The highest BCUT2D eigenvalue weighted by Gasteiger charge is 2.14. The predicted octanol–water partition coefficient (Wildman–Crippen LogP) is 3.31. The second-order valence-corrected chi connectivity index (χ2v) is 4.55. The van der Waals surface area contributed by atoms with Gasteiger partial charge in [-0.15, -0.1) is 0 Å². The molecule has 21 heavy (non-hydrogen) atoms. The average Bonchev–Trinajstić information content (AvgIpc) is 2.50. The summed E-state index contributed by atoms with van der Waals surface area (Å²) in [5.41, 5.74) is 1.42. The number of hydrogen-bond donors (Lipinski definition) is 2. The van der Waals surface area contributed by atoms with Gasteiger partial charge in [0.05, 0.1) is 12.7 Å². The molecule has 0 saturated heterocycles. The minimum absolute atomic E-state index is 0.0594. The summed E-state index contributed by atoms with van der Waals surface area (Å²) >= 11 is 0. The van der Waals surface area contributed by atoms with Gasteiger partial charge in [0, 0.05) is 17.2 Å². The molecule has 0 aliphatic rings. The molecule has 4 heteroatoms. The van der Waals surface area contributed by atoms with Crippen molar-refractivity contribution in [3.05, 3.63) is 59.2 Å². The molecule has 0 heterocycles. The van der Waals surface area contributed by atoms with Gasteiger partial charge in [-0.3, -0.25) is 4.79 Å². The molecule has 108 valence electrons. The summed E-state index contributed by atoms with van der Waals surface area (Å²) in [4.78, 5) is 12.0. The monoisotopic (exact) mass is 284 g/mol. The molecule has 0 amide bonds. The van der Waals surface area contributed by atoms with E-state index in [-0.39, 0.29) is 17.3 Å². The third kappa shape index (κ3) is 3.05. The van der Waals surface area contributed by atoms with Gasteiger partial charge in [0.1, 0.15) is 17.2 Å². The van der Waals surface area contributed by atoms with Gasteiger partial charge in [0.25, 0.3) is 0 Å². The first-order valence-electron chi connectivity index (χ1n) is 6.41. The third-order valence-corrected chi connectivity index (χ3v) is 3.18. The van der Waals surface area contributed by atoms with Gasteiger partial charge in [-0.1, -0.05) is 30.3 Å². The van der Waals surface area contributed by atoms with Gasteiger partial charge in [0.15, 0.2) is 5.78 Å². The molecule has 2 N–H and O–H groups in total. The Hall–Kier alpha value is -2.75. The summed E-state index contributed by atoms with van der Waals surface area (Å²) in [7, 11) is 1.44. The van der Waals surface area contributed by atoms with Gasteiger partial charge in [-0.25, -0.2) is 0 Å². The lowest BCUT2D eigenvalue weighted by Gasteiger charge is -2.11. The molecule has 0 spiro atoms. The molecule has 4 nitrogen and oxygen atoms in total. The lowest BCUT2D eigenvalue weighted by molar-refractivity contribution is 0.104. The van der Waals surface area contributed by atoms with Crippen LogP contribution < -0.4 is 4.74 Å². The van der Waals surface area contributed by atoms with Crippen molar-refractivity contribution in [1.29, 1.82) is 0 Å². The molecule has 2 aromatic rings. The number of carbonyl (C=O) groups excluding carboxylic acids is 1. The van der Waals surface area contributed by atoms with Crippen LogP contribution in [-0.2, 0) is 0 Å². The average molecular weight is 284 g/mol. The highest BCUT2D eigenvalue weighted by Crippen LogP contribution is 2.38. The minimum Gasteiger partial charge on any atom is -0.507 e. The Morgan fingerprint density at radius 1 is 1.14 bits per heavy atom.